The Morgan fingerprint density at radius 2 is 1.37 bits per heavy atom. The minimum atomic E-state index is -3.96. The third-order valence-electron chi connectivity index (χ3n) is 10.2. The maximum Gasteiger partial charge on any atom is 0.303 e. The Hall–Kier alpha value is -4.93. The molecule has 5 rings (SSSR count). The first-order valence-electron chi connectivity index (χ1n) is 19.9. The van der Waals surface area contributed by atoms with E-state index in [-0.39, 0.29) is 26.9 Å². The predicted molar refractivity (Wildman–Crippen MR) is 231 cm³/mol. The minimum absolute atomic E-state index is 0.0220. The average molecular weight is 812 g/mol. The number of halogens is 1. The monoisotopic (exact) mass is 811 g/mol. The molecule has 1 unspecified atom stereocenters. The Balaban J connectivity index is 1.49. The first kappa shape index (κ1) is 43.2. The van der Waals surface area contributed by atoms with Crippen molar-refractivity contribution >= 4 is 61.6 Å². The number of aryl methyl sites for hydroxylation is 4. The second-order valence-electron chi connectivity index (χ2n) is 14.8. The van der Waals surface area contributed by atoms with Crippen LogP contribution < -0.4 is 10.0 Å². The van der Waals surface area contributed by atoms with Gasteiger partial charge in [-0.1, -0.05) is 130 Å². The van der Waals surface area contributed by atoms with Gasteiger partial charge in [0.2, 0.25) is 11.9 Å². The largest absolute Gasteiger partial charge is 0.444 e. The van der Waals surface area contributed by atoms with Gasteiger partial charge in [0, 0.05) is 29.9 Å². The van der Waals surface area contributed by atoms with Crippen molar-refractivity contribution in [3.63, 3.8) is 0 Å². The van der Waals surface area contributed by atoms with E-state index in [0.29, 0.717) is 17.6 Å². The molecule has 0 aliphatic heterocycles. The van der Waals surface area contributed by atoms with Crippen molar-refractivity contribution in [2.75, 3.05) is 10.0 Å². The molecule has 0 bridgehead atoms. The molecule has 0 saturated heterocycles. The third-order valence-corrected chi connectivity index (χ3v) is 11.9. The van der Waals surface area contributed by atoms with Gasteiger partial charge in [-0.2, -0.15) is 0 Å². The lowest BCUT2D eigenvalue weighted by molar-refractivity contribution is -0.149. The molecular weight excluding hydrogens is 758 g/mol. The Morgan fingerprint density at radius 3 is 2.00 bits per heavy atom. The fourth-order valence-corrected chi connectivity index (χ4v) is 8.81. The molecule has 1 heterocycles. The van der Waals surface area contributed by atoms with Crippen LogP contribution >= 0.6 is 11.6 Å². The number of carbonyl (C=O) groups is 3. The number of aromatic nitrogens is 1. The summed E-state index contributed by atoms with van der Waals surface area (Å²) >= 11 is 6.50. The van der Waals surface area contributed by atoms with E-state index >= 15 is 0 Å². The SMILES string of the molecule is CCCCCCCCCCCCn1c(-c2c(C)cc(C)cc2C)c(C(=O)C(OC(C)=O)C(=O)Nc2cc(NS(=O)(=O)c3ccccc3)ccc2Cl)c2ccccc21. The Labute approximate surface area is 342 Å². The average Bonchev–Trinajstić information content (AvgIpc) is 3.48. The first-order chi connectivity index (χ1) is 27.3. The van der Waals surface area contributed by atoms with Crippen LogP contribution in [0.2, 0.25) is 5.02 Å². The van der Waals surface area contributed by atoms with Gasteiger partial charge in [-0.3, -0.25) is 19.1 Å². The molecular formula is C46H54ClN3O6S. The molecule has 9 nitrogen and oxygen atoms in total. The van der Waals surface area contributed by atoms with E-state index in [1.165, 1.54) is 75.3 Å². The smallest absolute Gasteiger partial charge is 0.303 e. The van der Waals surface area contributed by atoms with Gasteiger partial charge in [0.1, 0.15) is 0 Å². The van der Waals surface area contributed by atoms with Crippen molar-refractivity contribution < 1.29 is 27.5 Å². The number of nitrogens with zero attached hydrogens (tertiary/aromatic N) is 1. The molecule has 302 valence electrons. The number of unbranched alkanes of at least 4 members (excludes halogenated alkanes) is 9. The summed E-state index contributed by atoms with van der Waals surface area (Å²) in [5.74, 6) is -2.44. The van der Waals surface area contributed by atoms with Crippen LogP contribution in [-0.2, 0) is 30.9 Å². The maximum absolute atomic E-state index is 15.0. The van der Waals surface area contributed by atoms with E-state index in [2.05, 4.69) is 33.7 Å². The predicted octanol–water partition coefficient (Wildman–Crippen LogP) is 11.4. The summed E-state index contributed by atoms with van der Waals surface area (Å²) in [5, 5.41) is 3.36. The fourth-order valence-electron chi connectivity index (χ4n) is 7.58. The highest BCUT2D eigenvalue weighted by atomic mass is 35.5. The quantitative estimate of drug-likeness (QED) is 0.0349. The molecule has 0 saturated carbocycles. The molecule has 0 fully saturated rings. The number of fused-ring (bicyclic) bond motifs is 1. The molecule has 2 N–H and O–H groups in total. The summed E-state index contributed by atoms with van der Waals surface area (Å²) < 4.78 is 36.3. The second-order valence-corrected chi connectivity index (χ2v) is 16.9. The van der Waals surface area contributed by atoms with Gasteiger partial charge in [-0.15, -0.1) is 0 Å². The van der Waals surface area contributed by atoms with Crippen molar-refractivity contribution in [1.29, 1.82) is 0 Å². The van der Waals surface area contributed by atoms with Crippen LogP contribution in [0.1, 0.15) is 105 Å². The van der Waals surface area contributed by atoms with Gasteiger partial charge in [0.15, 0.2) is 0 Å². The number of para-hydroxylation sites is 1. The summed E-state index contributed by atoms with van der Waals surface area (Å²) in [4.78, 5) is 41.8. The molecule has 57 heavy (non-hydrogen) atoms. The number of amides is 1. The lowest BCUT2D eigenvalue weighted by atomic mass is 9.92. The molecule has 0 aliphatic rings. The fraction of sp³-hybridized carbons (Fsp3) is 0.370. The summed E-state index contributed by atoms with van der Waals surface area (Å²) in [6.07, 6.45) is 10.0. The Morgan fingerprint density at radius 1 is 0.772 bits per heavy atom. The Kier molecular flexibility index (Phi) is 15.1. The number of benzene rings is 4. The van der Waals surface area contributed by atoms with E-state index in [1.54, 1.807) is 18.2 Å². The third kappa shape index (κ3) is 10.9. The van der Waals surface area contributed by atoms with Crippen LogP contribution in [0.25, 0.3) is 22.2 Å². The van der Waals surface area contributed by atoms with E-state index in [0.717, 1.165) is 54.0 Å². The van der Waals surface area contributed by atoms with Crippen molar-refractivity contribution in [2.45, 2.75) is 116 Å². The summed E-state index contributed by atoms with van der Waals surface area (Å²) in [5.41, 5.74) is 5.86. The molecule has 4 aromatic carbocycles. The lowest BCUT2D eigenvalue weighted by Gasteiger charge is -2.20. The molecule has 1 amide bonds. The number of Topliss-reactive ketones (excluding diaryl/α,β-unsaturated/α-hetero) is 1. The topological polar surface area (TPSA) is 124 Å². The van der Waals surface area contributed by atoms with Gasteiger partial charge in [-0.05, 0) is 74.7 Å². The number of anilines is 2. The van der Waals surface area contributed by atoms with E-state index in [9.17, 15) is 22.8 Å². The van der Waals surface area contributed by atoms with Crippen LogP contribution in [-0.4, -0.2) is 36.7 Å². The number of carbonyl (C=O) groups excluding carboxylic acids is 3. The zero-order valence-electron chi connectivity index (χ0n) is 33.6. The van der Waals surface area contributed by atoms with Gasteiger partial charge in [0.05, 0.1) is 32.6 Å². The number of nitrogens with one attached hydrogen (secondary N) is 2. The molecule has 1 atom stereocenters. The summed E-state index contributed by atoms with van der Waals surface area (Å²) in [6, 6.07) is 23.8. The van der Waals surface area contributed by atoms with Gasteiger partial charge in [0.25, 0.3) is 15.9 Å². The molecule has 5 aromatic rings. The summed E-state index contributed by atoms with van der Waals surface area (Å²) in [7, 11) is -3.96. The number of sulfonamides is 1. The van der Waals surface area contributed by atoms with Crippen LogP contribution in [0.4, 0.5) is 11.4 Å². The van der Waals surface area contributed by atoms with E-state index < -0.39 is 33.8 Å². The van der Waals surface area contributed by atoms with Crippen molar-refractivity contribution in [3.8, 4) is 11.3 Å². The molecule has 1 aromatic heterocycles. The summed E-state index contributed by atoms with van der Waals surface area (Å²) in [6.45, 7) is 10.1. The molecule has 11 heteroatoms. The number of rotatable bonds is 20. The zero-order chi connectivity index (χ0) is 41.1. The lowest BCUT2D eigenvalue weighted by Crippen LogP contribution is -2.39. The highest BCUT2D eigenvalue weighted by molar-refractivity contribution is 7.92. The normalized spacial score (nSPS) is 12.0. The standard InChI is InChI=1S/C46H54ClN3O6S/c1-6-7-8-9-10-11-12-13-14-20-27-50-40-24-19-18-23-37(40)42(43(50)41-32(3)28-31(2)29-33(41)4)44(52)45(56-34(5)51)46(53)48-39-30-35(25-26-38(39)47)49-57(54,55)36-21-16-15-17-22-36/h15-19,21-26,28-30,45,49H,6-14,20,27H2,1-5H3,(H,48,53). The van der Waals surface area contributed by atoms with Crippen molar-refractivity contribution in [3.05, 3.63) is 112 Å². The van der Waals surface area contributed by atoms with Crippen LogP contribution in [0.5, 0.6) is 0 Å². The second kappa shape index (κ2) is 20.0. The zero-order valence-corrected chi connectivity index (χ0v) is 35.2. The number of esters is 1. The molecule has 0 radical (unpaired) electrons. The van der Waals surface area contributed by atoms with Gasteiger partial charge < -0.3 is 14.6 Å². The van der Waals surface area contributed by atoms with Gasteiger partial charge >= 0.3 is 5.97 Å². The first-order valence-corrected chi connectivity index (χ1v) is 21.8. The van der Waals surface area contributed by atoms with Crippen LogP contribution in [0.15, 0.2) is 89.8 Å². The highest BCUT2D eigenvalue weighted by Gasteiger charge is 2.36. The number of ketones is 1. The number of hydrogen-bond donors (Lipinski definition) is 2. The minimum Gasteiger partial charge on any atom is -0.444 e. The Bertz CT molecular complexity index is 2300. The van der Waals surface area contributed by atoms with Crippen LogP contribution in [0.3, 0.4) is 0 Å². The molecule has 0 spiro atoms. The van der Waals surface area contributed by atoms with Gasteiger partial charge in [-0.25, -0.2) is 8.42 Å². The maximum atomic E-state index is 15.0. The van der Waals surface area contributed by atoms with Crippen LogP contribution in [0, 0.1) is 20.8 Å². The highest BCUT2D eigenvalue weighted by Crippen LogP contribution is 2.39. The number of ether oxygens (including phenoxy) is 1. The van der Waals surface area contributed by atoms with E-state index in [4.69, 9.17) is 16.3 Å². The van der Waals surface area contributed by atoms with E-state index in [1.807, 2.05) is 45.0 Å². The molecule has 0 aliphatic carbocycles. The van der Waals surface area contributed by atoms with Crippen molar-refractivity contribution in [2.24, 2.45) is 0 Å². The van der Waals surface area contributed by atoms with Crippen molar-refractivity contribution in [1.82, 2.24) is 4.57 Å². The number of hydrogen-bond acceptors (Lipinski definition) is 6.